The van der Waals surface area contributed by atoms with Gasteiger partial charge in [-0.3, -0.25) is 4.79 Å². The Morgan fingerprint density at radius 2 is 1.81 bits per heavy atom. The van der Waals surface area contributed by atoms with Crippen LogP contribution in [0.5, 0.6) is 5.75 Å². The van der Waals surface area contributed by atoms with Crippen LogP contribution in [0, 0.1) is 11.6 Å². The molecule has 1 heterocycles. The minimum Gasteiger partial charge on any atom is -0.496 e. The van der Waals surface area contributed by atoms with E-state index in [1.54, 1.807) is 6.26 Å². The molecule has 1 aliphatic rings. The van der Waals surface area contributed by atoms with Gasteiger partial charge in [-0.2, -0.15) is 13.2 Å². The first kappa shape index (κ1) is 24.5. The number of methoxy groups -OCH3 is 1. The van der Waals surface area contributed by atoms with Crippen molar-refractivity contribution in [2.24, 2.45) is 0 Å². The molecule has 0 N–H and O–H groups in total. The number of carbonyl (C=O) groups is 1. The summed E-state index contributed by atoms with van der Waals surface area (Å²) < 4.78 is 73.1. The first-order valence-electron chi connectivity index (χ1n) is 10.0. The zero-order valence-corrected chi connectivity index (χ0v) is 18.8. The lowest BCUT2D eigenvalue weighted by molar-refractivity contribution is -0.137. The lowest BCUT2D eigenvalue weighted by Crippen LogP contribution is -2.45. The fourth-order valence-electron chi connectivity index (χ4n) is 4.45. The Hall–Kier alpha value is -2.13. The van der Waals surface area contributed by atoms with E-state index in [1.165, 1.54) is 19.2 Å². The molecule has 174 valence electrons. The third-order valence-corrected chi connectivity index (χ3v) is 6.62. The summed E-state index contributed by atoms with van der Waals surface area (Å²) in [7, 11) is 3.07. The second kappa shape index (κ2) is 9.39. The zero-order valence-electron chi connectivity index (χ0n) is 18.0. The minimum absolute atomic E-state index is 0.0532. The number of likely N-dealkylation sites (tertiary alicyclic amines) is 1. The van der Waals surface area contributed by atoms with Crippen LogP contribution in [0.3, 0.4) is 0 Å². The molecule has 1 saturated heterocycles. The molecule has 3 rings (SSSR count). The van der Waals surface area contributed by atoms with Crippen LogP contribution in [0.2, 0.25) is 0 Å². The van der Waals surface area contributed by atoms with Crippen molar-refractivity contribution in [2.75, 3.05) is 33.5 Å². The molecule has 0 aromatic heterocycles. The number of ketones is 1. The average Bonchev–Trinajstić information content (AvgIpc) is 2.71. The number of carbonyl (C=O) groups excluding carboxylic acids is 1. The van der Waals surface area contributed by atoms with Crippen molar-refractivity contribution in [3.63, 3.8) is 0 Å². The summed E-state index contributed by atoms with van der Waals surface area (Å²) in [5, 5.41) is 0. The maximum Gasteiger partial charge on any atom is 0.416 e. The summed E-state index contributed by atoms with van der Waals surface area (Å²) in [5.41, 5.74) is -1.37. The SMILES string of the molecule is COc1cc(C(F)(F)F)cc(SC)c1C(=O)CC1(c2cc(F)cc(F)c2)CCCN(C)C1. The van der Waals surface area contributed by atoms with Crippen molar-refractivity contribution in [3.05, 3.63) is 58.7 Å². The first-order chi connectivity index (χ1) is 15.0. The standard InChI is InChI=1S/C23H24F5NO2S/c1-29-6-4-5-22(13-29,14-7-16(24)11-17(25)8-14)12-18(30)21-19(31-2)9-15(23(26,27)28)10-20(21)32-3/h7-11H,4-6,12-13H2,1-3H3. The predicted octanol–water partition coefficient (Wildman–Crippen LogP) is 5.95. The van der Waals surface area contributed by atoms with Gasteiger partial charge in [-0.05, 0) is 62.5 Å². The molecule has 0 aliphatic carbocycles. The van der Waals surface area contributed by atoms with E-state index >= 15 is 0 Å². The van der Waals surface area contributed by atoms with E-state index in [1.807, 2.05) is 11.9 Å². The van der Waals surface area contributed by atoms with E-state index in [0.29, 0.717) is 24.9 Å². The molecule has 0 radical (unpaired) electrons. The van der Waals surface area contributed by atoms with Crippen molar-refractivity contribution in [1.29, 1.82) is 0 Å². The van der Waals surface area contributed by atoms with Crippen molar-refractivity contribution >= 4 is 17.5 Å². The van der Waals surface area contributed by atoms with E-state index in [0.717, 1.165) is 36.5 Å². The van der Waals surface area contributed by atoms with Gasteiger partial charge in [0.1, 0.15) is 17.4 Å². The topological polar surface area (TPSA) is 29.5 Å². The maximum absolute atomic E-state index is 14.0. The van der Waals surface area contributed by atoms with Crippen LogP contribution in [-0.2, 0) is 11.6 Å². The van der Waals surface area contributed by atoms with Crippen LogP contribution >= 0.6 is 11.8 Å². The maximum atomic E-state index is 14.0. The predicted molar refractivity (Wildman–Crippen MR) is 113 cm³/mol. The minimum atomic E-state index is -4.59. The Morgan fingerprint density at radius 3 is 2.34 bits per heavy atom. The fourth-order valence-corrected chi connectivity index (χ4v) is 5.11. The molecule has 1 atom stereocenters. The second-order valence-electron chi connectivity index (χ2n) is 8.13. The lowest BCUT2D eigenvalue weighted by Gasteiger charge is -2.42. The number of rotatable bonds is 6. The van der Waals surface area contributed by atoms with Gasteiger partial charge in [-0.1, -0.05) is 0 Å². The quantitative estimate of drug-likeness (QED) is 0.295. The van der Waals surface area contributed by atoms with Crippen molar-refractivity contribution in [1.82, 2.24) is 4.90 Å². The highest BCUT2D eigenvalue weighted by molar-refractivity contribution is 7.98. The first-order valence-corrected chi connectivity index (χ1v) is 11.2. The Kier molecular flexibility index (Phi) is 7.19. The molecule has 0 amide bonds. The Balaban J connectivity index is 2.09. The molecule has 1 fully saturated rings. The van der Waals surface area contributed by atoms with Gasteiger partial charge in [0.15, 0.2) is 5.78 Å². The number of benzene rings is 2. The highest BCUT2D eigenvalue weighted by atomic mass is 32.2. The van der Waals surface area contributed by atoms with Crippen LogP contribution in [0.4, 0.5) is 22.0 Å². The number of thioether (sulfide) groups is 1. The van der Waals surface area contributed by atoms with Gasteiger partial charge < -0.3 is 9.64 Å². The smallest absolute Gasteiger partial charge is 0.416 e. The van der Waals surface area contributed by atoms with Crippen molar-refractivity contribution < 1.29 is 31.5 Å². The van der Waals surface area contributed by atoms with Crippen LogP contribution < -0.4 is 4.74 Å². The van der Waals surface area contributed by atoms with Gasteiger partial charge in [0.2, 0.25) is 0 Å². The summed E-state index contributed by atoms with van der Waals surface area (Å²) in [6, 6.07) is 4.98. The van der Waals surface area contributed by atoms with Crippen LogP contribution in [-0.4, -0.2) is 44.2 Å². The van der Waals surface area contributed by atoms with Gasteiger partial charge in [0.25, 0.3) is 0 Å². The summed E-state index contributed by atoms with van der Waals surface area (Å²) in [5.74, 6) is -2.08. The van der Waals surface area contributed by atoms with Gasteiger partial charge in [0, 0.05) is 29.3 Å². The van der Waals surface area contributed by atoms with Gasteiger partial charge in [-0.15, -0.1) is 11.8 Å². The average molecular weight is 474 g/mol. The molecule has 9 heteroatoms. The number of likely N-dealkylation sites (N-methyl/N-ethyl adjacent to an activating group) is 1. The largest absolute Gasteiger partial charge is 0.496 e. The van der Waals surface area contributed by atoms with E-state index < -0.39 is 34.6 Å². The molecule has 1 unspecified atom stereocenters. The Labute approximate surface area is 187 Å². The lowest BCUT2D eigenvalue weighted by atomic mass is 9.70. The molecule has 1 aliphatic heterocycles. The van der Waals surface area contributed by atoms with E-state index in [-0.39, 0.29) is 22.6 Å². The summed E-state index contributed by atoms with van der Waals surface area (Å²) >= 11 is 1.01. The van der Waals surface area contributed by atoms with Gasteiger partial charge in [-0.25, -0.2) is 8.78 Å². The molecule has 2 aromatic rings. The second-order valence-corrected chi connectivity index (χ2v) is 8.98. The Morgan fingerprint density at radius 1 is 1.16 bits per heavy atom. The molecule has 2 aromatic carbocycles. The monoisotopic (exact) mass is 473 g/mol. The number of hydrogen-bond acceptors (Lipinski definition) is 4. The fraction of sp³-hybridized carbons (Fsp3) is 0.435. The third kappa shape index (κ3) is 5.09. The molecular weight excluding hydrogens is 449 g/mol. The normalized spacial score (nSPS) is 19.8. The molecule has 0 bridgehead atoms. The highest BCUT2D eigenvalue weighted by Crippen LogP contribution is 2.42. The van der Waals surface area contributed by atoms with Crippen molar-refractivity contribution in [2.45, 2.75) is 35.7 Å². The molecule has 0 saturated carbocycles. The molecule has 0 spiro atoms. The number of nitrogens with zero attached hydrogens (tertiary/aromatic N) is 1. The number of hydrogen-bond donors (Lipinski definition) is 0. The van der Waals surface area contributed by atoms with E-state index in [9.17, 15) is 26.7 Å². The number of piperidine rings is 1. The number of ether oxygens (including phenoxy) is 1. The van der Waals surface area contributed by atoms with Crippen molar-refractivity contribution in [3.8, 4) is 5.75 Å². The molecular formula is C23H24F5NO2S. The molecule has 3 nitrogen and oxygen atoms in total. The third-order valence-electron chi connectivity index (χ3n) is 5.85. The van der Waals surface area contributed by atoms with Gasteiger partial charge in [0.05, 0.1) is 18.2 Å². The van der Waals surface area contributed by atoms with Crippen LogP contribution in [0.25, 0.3) is 0 Å². The Bertz CT molecular complexity index is 965. The number of Topliss-reactive ketones (excluding diaryl/α,β-unsaturated/α-hetero) is 1. The van der Waals surface area contributed by atoms with Crippen LogP contribution in [0.15, 0.2) is 35.2 Å². The zero-order chi connectivity index (χ0) is 23.7. The van der Waals surface area contributed by atoms with E-state index in [2.05, 4.69) is 0 Å². The van der Waals surface area contributed by atoms with E-state index in [4.69, 9.17) is 4.74 Å². The highest BCUT2D eigenvalue weighted by Gasteiger charge is 2.40. The van der Waals surface area contributed by atoms with Gasteiger partial charge >= 0.3 is 6.18 Å². The van der Waals surface area contributed by atoms with Crippen LogP contribution in [0.1, 0.15) is 40.7 Å². The summed E-state index contributed by atoms with van der Waals surface area (Å²) in [6.07, 6.45) is -1.90. The number of alkyl halides is 3. The molecule has 32 heavy (non-hydrogen) atoms. The number of halogens is 5. The summed E-state index contributed by atoms with van der Waals surface area (Å²) in [6.45, 7) is 1.16. The summed E-state index contributed by atoms with van der Waals surface area (Å²) in [4.78, 5) is 15.6.